The first-order valence-electron chi connectivity index (χ1n) is 6.62. The highest BCUT2D eigenvalue weighted by Crippen LogP contribution is 2.26. The van der Waals surface area contributed by atoms with Gasteiger partial charge in [-0.25, -0.2) is 8.42 Å². The number of nitrogens with zero attached hydrogens (tertiary/aromatic N) is 2. The lowest BCUT2D eigenvalue weighted by molar-refractivity contribution is 0.596. The molecule has 0 bridgehead atoms. The first-order chi connectivity index (χ1) is 9.82. The minimum absolute atomic E-state index is 0.310. The first kappa shape index (κ1) is 15.4. The fourth-order valence-corrected chi connectivity index (χ4v) is 3.33. The Bertz CT molecular complexity index is 680. The lowest BCUT2D eigenvalue weighted by Crippen LogP contribution is -2.11. The highest BCUT2D eigenvalue weighted by atomic mass is 32.2. The van der Waals surface area contributed by atoms with Crippen molar-refractivity contribution in [3.05, 3.63) is 48.5 Å². The molecule has 2 rings (SSSR count). The summed E-state index contributed by atoms with van der Waals surface area (Å²) < 4.78 is 25.5. The number of hydrogen-bond donors (Lipinski definition) is 0. The Balaban J connectivity index is 2.52. The molecule has 112 valence electrons. The van der Waals surface area contributed by atoms with Crippen LogP contribution in [0.25, 0.3) is 0 Å². The van der Waals surface area contributed by atoms with Gasteiger partial charge in [0.1, 0.15) is 0 Å². The van der Waals surface area contributed by atoms with Crippen LogP contribution in [-0.4, -0.2) is 36.6 Å². The van der Waals surface area contributed by atoms with Crippen LogP contribution >= 0.6 is 0 Å². The molecule has 0 aliphatic rings. The fraction of sp³-hybridized carbons (Fsp3) is 0.250. The third-order valence-electron chi connectivity index (χ3n) is 3.29. The summed E-state index contributed by atoms with van der Waals surface area (Å²) in [4.78, 5) is 4.39. The molecular formula is C16H20N2O2S. The van der Waals surface area contributed by atoms with Crippen LogP contribution in [0.2, 0.25) is 0 Å². The Morgan fingerprint density at radius 3 is 1.43 bits per heavy atom. The van der Waals surface area contributed by atoms with Crippen LogP contribution in [0.1, 0.15) is 0 Å². The standard InChI is InChI=1S/C16H20N2O2S/c1-17(2)13-7-5-9-15(11-13)21(19,20)16-10-6-8-14(12-16)18(3)4/h5-12H,1-4H3. The zero-order valence-corrected chi connectivity index (χ0v) is 13.6. The molecule has 0 radical (unpaired) electrons. The zero-order valence-electron chi connectivity index (χ0n) is 12.7. The van der Waals surface area contributed by atoms with Gasteiger partial charge in [0.05, 0.1) is 9.79 Å². The third-order valence-corrected chi connectivity index (χ3v) is 5.04. The molecule has 0 aromatic heterocycles. The number of sulfone groups is 1. The molecule has 2 aromatic carbocycles. The minimum Gasteiger partial charge on any atom is -0.378 e. The van der Waals surface area contributed by atoms with E-state index >= 15 is 0 Å². The van der Waals surface area contributed by atoms with E-state index < -0.39 is 9.84 Å². The minimum atomic E-state index is -3.50. The van der Waals surface area contributed by atoms with Gasteiger partial charge in [0.2, 0.25) is 9.84 Å². The molecule has 0 fully saturated rings. The van der Waals surface area contributed by atoms with Crippen molar-refractivity contribution >= 4 is 21.2 Å². The second kappa shape index (κ2) is 5.77. The Labute approximate surface area is 126 Å². The van der Waals surface area contributed by atoms with Gasteiger partial charge in [-0.2, -0.15) is 0 Å². The van der Waals surface area contributed by atoms with Gasteiger partial charge < -0.3 is 9.80 Å². The van der Waals surface area contributed by atoms with Crippen molar-refractivity contribution in [1.82, 2.24) is 0 Å². The lowest BCUT2D eigenvalue weighted by Gasteiger charge is -2.15. The zero-order chi connectivity index (χ0) is 15.6. The van der Waals surface area contributed by atoms with E-state index in [1.165, 1.54) is 0 Å². The molecule has 0 aliphatic carbocycles. The maximum Gasteiger partial charge on any atom is 0.206 e. The second-order valence-electron chi connectivity index (χ2n) is 5.29. The van der Waals surface area contributed by atoms with E-state index in [4.69, 9.17) is 0 Å². The highest BCUT2D eigenvalue weighted by molar-refractivity contribution is 7.91. The predicted octanol–water partition coefficient (Wildman–Crippen LogP) is 2.65. The molecule has 0 spiro atoms. The Morgan fingerprint density at radius 2 is 1.10 bits per heavy atom. The van der Waals surface area contributed by atoms with Crippen molar-refractivity contribution in [1.29, 1.82) is 0 Å². The van der Waals surface area contributed by atoms with Crippen LogP contribution in [0.5, 0.6) is 0 Å². The molecule has 0 atom stereocenters. The predicted molar refractivity (Wildman–Crippen MR) is 87.0 cm³/mol. The van der Waals surface area contributed by atoms with Crippen molar-refractivity contribution < 1.29 is 8.42 Å². The highest BCUT2D eigenvalue weighted by Gasteiger charge is 2.18. The van der Waals surface area contributed by atoms with Crippen LogP contribution in [0, 0.1) is 0 Å². The van der Waals surface area contributed by atoms with E-state index in [1.54, 1.807) is 36.4 Å². The molecule has 5 heteroatoms. The van der Waals surface area contributed by atoms with Crippen LogP contribution in [0.4, 0.5) is 11.4 Å². The number of hydrogen-bond acceptors (Lipinski definition) is 4. The second-order valence-corrected chi connectivity index (χ2v) is 7.24. The van der Waals surface area contributed by atoms with Gasteiger partial charge in [-0.3, -0.25) is 0 Å². The molecule has 0 saturated heterocycles. The van der Waals surface area contributed by atoms with E-state index in [1.807, 2.05) is 50.1 Å². The average molecular weight is 304 g/mol. The fourth-order valence-electron chi connectivity index (χ4n) is 1.99. The largest absolute Gasteiger partial charge is 0.378 e. The van der Waals surface area contributed by atoms with E-state index in [2.05, 4.69) is 0 Å². The quantitative estimate of drug-likeness (QED) is 0.871. The smallest absolute Gasteiger partial charge is 0.206 e. The molecule has 0 heterocycles. The summed E-state index contributed by atoms with van der Waals surface area (Å²) in [6, 6.07) is 13.9. The normalized spacial score (nSPS) is 11.2. The molecule has 2 aromatic rings. The van der Waals surface area contributed by atoms with Gasteiger partial charge >= 0.3 is 0 Å². The monoisotopic (exact) mass is 304 g/mol. The van der Waals surface area contributed by atoms with Crippen molar-refractivity contribution in [3.8, 4) is 0 Å². The molecule has 0 amide bonds. The van der Waals surface area contributed by atoms with Gasteiger partial charge in [0.15, 0.2) is 0 Å². The van der Waals surface area contributed by atoms with Gasteiger partial charge in [0, 0.05) is 39.6 Å². The van der Waals surface area contributed by atoms with Gasteiger partial charge in [-0.15, -0.1) is 0 Å². The van der Waals surface area contributed by atoms with E-state index in [0.29, 0.717) is 9.79 Å². The molecule has 0 aliphatic heterocycles. The van der Waals surface area contributed by atoms with E-state index in [0.717, 1.165) is 11.4 Å². The summed E-state index contributed by atoms with van der Waals surface area (Å²) in [5, 5.41) is 0. The summed E-state index contributed by atoms with van der Waals surface area (Å²) in [7, 11) is 4.04. The van der Waals surface area contributed by atoms with Crippen LogP contribution in [0.15, 0.2) is 58.3 Å². The van der Waals surface area contributed by atoms with Crippen LogP contribution in [0.3, 0.4) is 0 Å². The van der Waals surface area contributed by atoms with Gasteiger partial charge in [0.25, 0.3) is 0 Å². The molecule has 0 unspecified atom stereocenters. The number of anilines is 2. The summed E-state index contributed by atoms with van der Waals surface area (Å²) in [6.45, 7) is 0. The third kappa shape index (κ3) is 3.19. The summed E-state index contributed by atoms with van der Waals surface area (Å²) >= 11 is 0. The SMILES string of the molecule is CN(C)c1cccc(S(=O)(=O)c2cccc(N(C)C)c2)c1. The number of benzene rings is 2. The Kier molecular flexibility index (Phi) is 4.23. The number of rotatable bonds is 4. The summed E-state index contributed by atoms with van der Waals surface area (Å²) in [6.07, 6.45) is 0. The molecule has 21 heavy (non-hydrogen) atoms. The van der Waals surface area contributed by atoms with Crippen molar-refractivity contribution in [2.75, 3.05) is 38.0 Å². The molecule has 0 saturated carbocycles. The van der Waals surface area contributed by atoms with Crippen LogP contribution < -0.4 is 9.80 Å². The maximum atomic E-state index is 12.7. The first-order valence-corrected chi connectivity index (χ1v) is 8.10. The Morgan fingerprint density at radius 1 is 0.714 bits per heavy atom. The Hall–Kier alpha value is -2.01. The van der Waals surface area contributed by atoms with E-state index in [9.17, 15) is 8.42 Å². The van der Waals surface area contributed by atoms with Gasteiger partial charge in [-0.05, 0) is 36.4 Å². The van der Waals surface area contributed by atoms with Crippen molar-refractivity contribution in [2.24, 2.45) is 0 Å². The van der Waals surface area contributed by atoms with Crippen molar-refractivity contribution in [3.63, 3.8) is 0 Å². The molecular weight excluding hydrogens is 284 g/mol. The average Bonchev–Trinajstić information content (AvgIpc) is 2.47. The molecule has 4 nitrogen and oxygen atoms in total. The summed E-state index contributed by atoms with van der Waals surface area (Å²) in [5.41, 5.74) is 1.72. The maximum absolute atomic E-state index is 12.7. The molecule has 0 N–H and O–H groups in total. The summed E-state index contributed by atoms with van der Waals surface area (Å²) in [5.74, 6) is 0. The van der Waals surface area contributed by atoms with Crippen molar-refractivity contribution in [2.45, 2.75) is 9.79 Å². The van der Waals surface area contributed by atoms with E-state index in [-0.39, 0.29) is 0 Å². The van der Waals surface area contributed by atoms with Gasteiger partial charge in [-0.1, -0.05) is 12.1 Å². The lowest BCUT2D eigenvalue weighted by atomic mass is 10.3. The van der Waals surface area contributed by atoms with Crippen LogP contribution in [-0.2, 0) is 9.84 Å². The topological polar surface area (TPSA) is 40.6 Å².